The lowest BCUT2D eigenvalue weighted by Crippen LogP contribution is -2.21. The number of hydrogen-bond donors (Lipinski definition) is 1. The van der Waals surface area contributed by atoms with E-state index >= 15 is 0 Å². The summed E-state index contributed by atoms with van der Waals surface area (Å²) in [4.78, 5) is 11.4. The maximum Gasteiger partial charge on any atom is 0.228 e. The van der Waals surface area contributed by atoms with Gasteiger partial charge in [-0.15, -0.1) is 11.6 Å². The third-order valence-electron chi connectivity index (χ3n) is 4.32. The van der Waals surface area contributed by atoms with Crippen LogP contribution in [0.5, 0.6) is 0 Å². The van der Waals surface area contributed by atoms with E-state index in [0.717, 1.165) is 23.2 Å². The van der Waals surface area contributed by atoms with Crippen LogP contribution in [0.3, 0.4) is 0 Å². The maximum atomic E-state index is 11.4. The summed E-state index contributed by atoms with van der Waals surface area (Å²) in [5.74, 6) is 0.452. The van der Waals surface area contributed by atoms with Crippen LogP contribution in [0.25, 0.3) is 0 Å². The Morgan fingerprint density at radius 2 is 2.00 bits per heavy atom. The van der Waals surface area contributed by atoms with Gasteiger partial charge in [-0.1, -0.05) is 36.4 Å². The van der Waals surface area contributed by atoms with E-state index in [1.165, 1.54) is 11.1 Å². The van der Waals surface area contributed by atoms with Crippen molar-refractivity contribution >= 4 is 23.2 Å². The van der Waals surface area contributed by atoms with E-state index in [1.54, 1.807) is 0 Å². The fraction of sp³-hybridized carbons (Fsp3) is 0.235. The highest BCUT2D eigenvalue weighted by molar-refractivity contribution is 6.21. The van der Waals surface area contributed by atoms with Gasteiger partial charge in [0, 0.05) is 11.6 Å². The molecule has 0 radical (unpaired) electrons. The van der Waals surface area contributed by atoms with Gasteiger partial charge in [0.1, 0.15) is 0 Å². The second-order valence-corrected chi connectivity index (χ2v) is 6.02. The first-order chi connectivity index (χ1) is 9.72. The monoisotopic (exact) mass is 283 g/mol. The molecule has 0 bridgehead atoms. The van der Waals surface area contributed by atoms with Crippen molar-refractivity contribution in [1.29, 1.82) is 0 Å². The molecule has 0 saturated carbocycles. The second-order valence-electron chi connectivity index (χ2n) is 5.55. The van der Waals surface area contributed by atoms with Crippen LogP contribution in [0.2, 0.25) is 0 Å². The summed E-state index contributed by atoms with van der Waals surface area (Å²) in [6, 6.07) is 14.5. The van der Waals surface area contributed by atoms with Gasteiger partial charge in [-0.2, -0.15) is 0 Å². The molecule has 2 aromatic carbocycles. The first kappa shape index (κ1) is 12.0. The Kier molecular flexibility index (Phi) is 2.61. The lowest BCUT2D eigenvalue weighted by atomic mass is 9.74. The highest BCUT2D eigenvalue weighted by atomic mass is 35.5. The zero-order valence-electron chi connectivity index (χ0n) is 10.9. The van der Waals surface area contributed by atoms with E-state index < -0.39 is 0 Å². The zero-order valence-corrected chi connectivity index (χ0v) is 11.7. The molecule has 0 spiro atoms. The second kappa shape index (κ2) is 4.35. The predicted octanol–water partition coefficient (Wildman–Crippen LogP) is 3.80. The number of benzene rings is 2. The van der Waals surface area contributed by atoms with Crippen LogP contribution in [0.15, 0.2) is 42.5 Å². The van der Waals surface area contributed by atoms with Gasteiger partial charge in [-0.3, -0.25) is 4.79 Å². The molecule has 2 aromatic rings. The number of halogens is 1. The molecule has 1 aliphatic heterocycles. The molecule has 0 aromatic heterocycles. The number of amides is 1. The van der Waals surface area contributed by atoms with E-state index in [0.29, 0.717) is 12.3 Å². The molecule has 2 nitrogen and oxygen atoms in total. The lowest BCUT2D eigenvalue weighted by molar-refractivity contribution is -0.115. The van der Waals surface area contributed by atoms with Crippen LogP contribution in [0.4, 0.5) is 5.69 Å². The molecule has 0 fully saturated rings. The normalized spacial score (nSPS) is 20.6. The summed E-state index contributed by atoms with van der Waals surface area (Å²) >= 11 is 6.67. The number of carbonyl (C=O) groups excluding carboxylic acids is 1. The SMILES string of the molecule is O=C1Cc2cc(C(Cl)C3Cc4ccccc43)ccc2N1. The largest absolute Gasteiger partial charge is 0.326 e. The van der Waals surface area contributed by atoms with Gasteiger partial charge in [0.05, 0.1) is 11.8 Å². The molecule has 0 saturated heterocycles. The van der Waals surface area contributed by atoms with Crippen LogP contribution in [-0.2, 0) is 17.6 Å². The fourth-order valence-corrected chi connectivity index (χ4v) is 3.57. The highest BCUT2D eigenvalue weighted by Crippen LogP contribution is 2.47. The van der Waals surface area contributed by atoms with E-state index in [9.17, 15) is 4.79 Å². The average Bonchev–Trinajstić information content (AvgIpc) is 2.79. The fourth-order valence-electron chi connectivity index (χ4n) is 3.21. The van der Waals surface area contributed by atoms with Gasteiger partial charge in [-0.05, 0) is 34.7 Å². The van der Waals surface area contributed by atoms with Crippen molar-refractivity contribution in [2.45, 2.75) is 24.1 Å². The molecule has 20 heavy (non-hydrogen) atoms. The van der Waals surface area contributed by atoms with Crippen LogP contribution < -0.4 is 5.32 Å². The molecule has 100 valence electrons. The summed E-state index contributed by atoms with van der Waals surface area (Å²) in [5, 5.41) is 2.83. The van der Waals surface area contributed by atoms with Gasteiger partial charge in [0.25, 0.3) is 0 Å². The number of nitrogens with one attached hydrogen (secondary N) is 1. The minimum atomic E-state index is -0.0223. The van der Waals surface area contributed by atoms with E-state index in [1.807, 2.05) is 12.1 Å². The quantitative estimate of drug-likeness (QED) is 0.835. The number of alkyl halides is 1. The average molecular weight is 284 g/mol. The van der Waals surface area contributed by atoms with Crippen molar-refractivity contribution in [3.05, 3.63) is 64.7 Å². The topological polar surface area (TPSA) is 29.1 Å². The molecule has 4 rings (SSSR count). The number of hydrogen-bond acceptors (Lipinski definition) is 1. The lowest BCUT2D eigenvalue weighted by Gasteiger charge is -2.34. The number of rotatable bonds is 2. The van der Waals surface area contributed by atoms with Crippen molar-refractivity contribution in [2.24, 2.45) is 0 Å². The van der Waals surface area contributed by atoms with Gasteiger partial charge >= 0.3 is 0 Å². The Morgan fingerprint density at radius 1 is 1.15 bits per heavy atom. The minimum absolute atomic E-state index is 0.0223. The van der Waals surface area contributed by atoms with Gasteiger partial charge in [0.2, 0.25) is 5.91 Å². The van der Waals surface area contributed by atoms with E-state index in [2.05, 4.69) is 35.6 Å². The zero-order chi connectivity index (χ0) is 13.7. The van der Waals surface area contributed by atoms with Crippen molar-refractivity contribution < 1.29 is 4.79 Å². The Labute approximate surface area is 122 Å². The van der Waals surface area contributed by atoms with E-state index in [-0.39, 0.29) is 11.3 Å². The maximum absolute atomic E-state index is 11.4. The van der Waals surface area contributed by atoms with Crippen LogP contribution in [0, 0.1) is 0 Å². The first-order valence-corrected chi connectivity index (χ1v) is 7.30. The van der Waals surface area contributed by atoms with Crippen LogP contribution in [0.1, 0.15) is 33.5 Å². The molecular weight excluding hydrogens is 270 g/mol. The van der Waals surface area contributed by atoms with Gasteiger partial charge in [0.15, 0.2) is 0 Å². The standard InChI is InChI=1S/C17H14ClNO/c18-17(14-8-10-3-1-2-4-13(10)14)11-5-6-15-12(7-11)9-16(20)19-15/h1-7,14,17H,8-9H2,(H,19,20). The number of anilines is 1. The third kappa shape index (κ3) is 1.75. The van der Waals surface area contributed by atoms with Crippen LogP contribution in [-0.4, -0.2) is 5.91 Å². The summed E-state index contributed by atoms with van der Waals surface area (Å²) in [6.45, 7) is 0. The molecule has 1 heterocycles. The highest BCUT2D eigenvalue weighted by Gasteiger charge is 2.33. The number of carbonyl (C=O) groups is 1. The van der Waals surface area contributed by atoms with Crippen molar-refractivity contribution in [3.8, 4) is 0 Å². The molecule has 1 amide bonds. The smallest absolute Gasteiger partial charge is 0.228 e. The molecule has 2 aliphatic rings. The van der Waals surface area contributed by atoms with Crippen molar-refractivity contribution in [3.63, 3.8) is 0 Å². The van der Waals surface area contributed by atoms with Crippen LogP contribution >= 0.6 is 11.6 Å². The van der Waals surface area contributed by atoms with Crippen molar-refractivity contribution in [2.75, 3.05) is 5.32 Å². The van der Waals surface area contributed by atoms with Crippen molar-refractivity contribution in [1.82, 2.24) is 0 Å². The third-order valence-corrected chi connectivity index (χ3v) is 4.88. The minimum Gasteiger partial charge on any atom is -0.326 e. The van der Waals surface area contributed by atoms with Gasteiger partial charge < -0.3 is 5.32 Å². The van der Waals surface area contributed by atoms with E-state index in [4.69, 9.17) is 11.6 Å². The summed E-state index contributed by atoms with van der Waals surface area (Å²) in [7, 11) is 0. The molecular formula is C17H14ClNO. The number of fused-ring (bicyclic) bond motifs is 2. The summed E-state index contributed by atoms with van der Waals surface area (Å²) in [6.07, 6.45) is 1.51. The molecule has 2 unspecified atom stereocenters. The molecule has 3 heteroatoms. The Balaban J connectivity index is 1.63. The molecule has 1 N–H and O–H groups in total. The summed E-state index contributed by atoms with van der Waals surface area (Å²) < 4.78 is 0. The Morgan fingerprint density at radius 3 is 2.85 bits per heavy atom. The summed E-state index contributed by atoms with van der Waals surface area (Å²) in [5.41, 5.74) is 5.87. The van der Waals surface area contributed by atoms with Gasteiger partial charge in [-0.25, -0.2) is 0 Å². The Hall–Kier alpha value is -1.80. The Bertz CT molecular complexity index is 710. The molecule has 1 aliphatic carbocycles. The molecule has 2 atom stereocenters. The predicted molar refractivity (Wildman–Crippen MR) is 80.3 cm³/mol. The first-order valence-electron chi connectivity index (χ1n) is 6.87.